The molecule has 3 aromatic heterocycles. The Labute approximate surface area is 252 Å². The third-order valence-corrected chi connectivity index (χ3v) is 9.15. The van der Waals surface area contributed by atoms with Gasteiger partial charge >= 0.3 is 0 Å². The van der Waals surface area contributed by atoms with Crippen LogP contribution in [0.4, 0.5) is 0 Å². The molecule has 10 rings (SSSR count). The highest BCUT2D eigenvalue weighted by atomic mass is 16.3. The molecule has 0 N–H and O–H groups in total. The van der Waals surface area contributed by atoms with Crippen molar-refractivity contribution in [1.29, 1.82) is 0 Å². The number of aromatic nitrogens is 2. The highest BCUT2D eigenvalue weighted by Crippen LogP contribution is 2.45. The standard InChI is InChI=1S/C41H24N2O/c1-2-12-26(13-3-1)43-34-20-10-8-14-27(34)33-24-25(22-23-35(33)43)39-30-17-6-4-15-28(30)37-29-16-5-7-18-31(29)41-38(40(37)42-39)32-19-9-11-21-36(32)44-41/h1-24H. The molecule has 0 aliphatic rings. The van der Waals surface area contributed by atoms with E-state index in [1.807, 2.05) is 12.1 Å². The maximum Gasteiger partial charge on any atom is 0.145 e. The van der Waals surface area contributed by atoms with E-state index >= 15 is 0 Å². The number of fused-ring (bicyclic) bond motifs is 13. The van der Waals surface area contributed by atoms with Crippen LogP contribution < -0.4 is 0 Å². The maximum absolute atomic E-state index is 6.54. The van der Waals surface area contributed by atoms with Crippen molar-refractivity contribution in [2.45, 2.75) is 0 Å². The SMILES string of the molecule is c1ccc(-n2c3ccccc3c3cc(-c4nc5c(c6ccccc46)c4ccccc4c4oc6ccccc6c54)ccc32)cc1. The number of nitrogens with zero attached hydrogens (tertiary/aromatic N) is 2. The molecule has 7 aromatic carbocycles. The van der Waals surface area contributed by atoms with Crippen LogP contribution in [0.15, 0.2) is 150 Å². The average molecular weight is 561 g/mol. The van der Waals surface area contributed by atoms with Crippen molar-refractivity contribution in [1.82, 2.24) is 9.55 Å². The zero-order chi connectivity index (χ0) is 28.8. The van der Waals surface area contributed by atoms with Gasteiger partial charge in [0.1, 0.15) is 11.2 Å². The molecule has 3 nitrogen and oxygen atoms in total. The lowest BCUT2D eigenvalue weighted by Gasteiger charge is -2.14. The fourth-order valence-electron chi connectivity index (χ4n) is 7.28. The van der Waals surface area contributed by atoms with Gasteiger partial charge in [0.15, 0.2) is 0 Å². The van der Waals surface area contributed by atoms with E-state index in [0.29, 0.717) is 0 Å². The van der Waals surface area contributed by atoms with Gasteiger partial charge in [-0.25, -0.2) is 4.98 Å². The van der Waals surface area contributed by atoms with Crippen LogP contribution in [-0.4, -0.2) is 9.55 Å². The Morgan fingerprint density at radius 1 is 0.455 bits per heavy atom. The van der Waals surface area contributed by atoms with Crippen molar-refractivity contribution >= 4 is 76.2 Å². The third-order valence-electron chi connectivity index (χ3n) is 9.15. The first-order chi connectivity index (χ1) is 21.8. The van der Waals surface area contributed by atoms with Crippen molar-refractivity contribution in [2.24, 2.45) is 0 Å². The summed E-state index contributed by atoms with van der Waals surface area (Å²) in [6.45, 7) is 0. The number of hydrogen-bond donors (Lipinski definition) is 0. The summed E-state index contributed by atoms with van der Waals surface area (Å²) in [6.07, 6.45) is 0. The summed E-state index contributed by atoms with van der Waals surface area (Å²) in [5.41, 5.74) is 8.36. The Bertz CT molecular complexity index is 2770. The lowest BCUT2D eigenvalue weighted by molar-refractivity contribution is 0.673. The number of para-hydroxylation sites is 3. The van der Waals surface area contributed by atoms with Gasteiger partial charge in [-0.05, 0) is 47.2 Å². The van der Waals surface area contributed by atoms with E-state index in [0.717, 1.165) is 60.6 Å². The molecule has 204 valence electrons. The van der Waals surface area contributed by atoms with Gasteiger partial charge < -0.3 is 8.98 Å². The van der Waals surface area contributed by atoms with Gasteiger partial charge in [0.05, 0.1) is 27.6 Å². The summed E-state index contributed by atoms with van der Waals surface area (Å²) in [6, 6.07) is 51.6. The minimum absolute atomic E-state index is 0.881. The van der Waals surface area contributed by atoms with Crippen LogP contribution >= 0.6 is 0 Å². The molecule has 10 aromatic rings. The summed E-state index contributed by atoms with van der Waals surface area (Å²) in [5.74, 6) is 0. The van der Waals surface area contributed by atoms with Gasteiger partial charge in [0.25, 0.3) is 0 Å². The second-order valence-corrected chi connectivity index (χ2v) is 11.5. The number of hydrogen-bond acceptors (Lipinski definition) is 2. The smallest absolute Gasteiger partial charge is 0.145 e. The normalized spacial score (nSPS) is 12.1. The van der Waals surface area contributed by atoms with Gasteiger partial charge in [-0.2, -0.15) is 0 Å². The van der Waals surface area contributed by atoms with Crippen LogP contribution in [0.5, 0.6) is 0 Å². The molecule has 0 amide bonds. The Hall–Kier alpha value is -5.93. The predicted molar refractivity (Wildman–Crippen MR) is 184 cm³/mol. The van der Waals surface area contributed by atoms with Crippen LogP contribution in [0, 0.1) is 0 Å². The lowest BCUT2D eigenvalue weighted by atomic mass is 9.93. The first-order valence-electron chi connectivity index (χ1n) is 15.0. The van der Waals surface area contributed by atoms with Crippen LogP contribution in [0.25, 0.3) is 93.1 Å². The lowest BCUT2D eigenvalue weighted by Crippen LogP contribution is -1.94. The fraction of sp³-hybridized carbons (Fsp3) is 0. The minimum atomic E-state index is 0.881. The Morgan fingerprint density at radius 3 is 1.89 bits per heavy atom. The molecular formula is C41H24N2O. The van der Waals surface area contributed by atoms with E-state index < -0.39 is 0 Å². The van der Waals surface area contributed by atoms with E-state index in [1.54, 1.807) is 0 Å². The predicted octanol–water partition coefficient (Wildman–Crippen LogP) is 11.2. The molecule has 3 heteroatoms. The van der Waals surface area contributed by atoms with Gasteiger partial charge in [-0.15, -0.1) is 0 Å². The molecule has 0 saturated heterocycles. The zero-order valence-corrected chi connectivity index (χ0v) is 23.7. The molecule has 44 heavy (non-hydrogen) atoms. The first kappa shape index (κ1) is 23.6. The number of furan rings is 1. The molecule has 0 atom stereocenters. The van der Waals surface area contributed by atoms with Crippen LogP contribution in [-0.2, 0) is 0 Å². The molecule has 3 heterocycles. The van der Waals surface area contributed by atoms with Gasteiger partial charge in [-0.3, -0.25) is 0 Å². The summed E-state index contributed by atoms with van der Waals surface area (Å²) >= 11 is 0. The van der Waals surface area contributed by atoms with Crippen molar-refractivity contribution < 1.29 is 4.42 Å². The second kappa shape index (κ2) is 8.79. The molecule has 0 fully saturated rings. The van der Waals surface area contributed by atoms with Crippen molar-refractivity contribution in [3.05, 3.63) is 146 Å². The highest BCUT2D eigenvalue weighted by molar-refractivity contribution is 6.34. The molecule has 0 saturated carbocycles. The van der Waals surface area contributed by atoms with Crippen LogP contribution in [0.1, 0.15) is 0 Å². The van der Waals surface area contributed by atoms with Crippen molar-refractivity contribution in [2.75, 3.05) is 0 Å². The van der Waals surface area contributed by atoms with Crippen molar-refractivity contribution in [3.8, 4) is 16.9 Å². The highest BCUT2D eigenvalue weighted by Gasteiger charge is 2.21. The minimum Gasteiger partial charge on any atom is -0.455 e. The van der Waals surface area contributed by atoms with E-state index in [2.05, 4.69) is 138 Å². The van der Waals surface area contributed by atoms with Crippen LogP contribution in [0.3, 0.4) is 0 Å². The summed E-state index contributed by atoms with van der Waals surface area (Å²) in [5, 5.41) is 10.4. The molecular weight excluding hydrogens is 536 g/mol. The Kier molecular flexibility index (Phi) is 4.72. The molecule has 0 unspecified atom stereocenters. The number of benzene rings is 7. The van der Waals surface area contributed by atoms with Gasteiger partial charge in [-0.1, -0.05) is 109 Å². The fourth-order valence-corrected chi connectivity index (χ4v) is 7.28. The van der Waals surface area contributed by atoms with E-state index in [9.17, 15) is 0 Å². The topological polar surface area (TPSA) is 31.0 Å². The zero-order valence-electron chi connectivity index (χ0n) is 23.7. The number of pyridine rings is 1. The van der Waals surface area contributed by atoms with Gasteiger partial charge in [0.2, 0.25) is 0 Å². The summed E-state index contributed by atoms with van der Waals surface area (Å²) in [7, 11) is 0. The summed E-state index contributed by atoms with van der Waals surface area (Å²) in [4.78, 5) is 5.56. The monoisotopic (exact) mass is 560 g/mol. The molecule has 0 aliphatic heterocycles. The average Bonchev–Trinajstić information content (AvgIpc) is 3.64. The maximum atomic E-state index is 6.54. The Balaban J connectivity index is 1.36. The second-order valence-electron chi connectivity index (χ2n) is 11.5. The first-order valence-corrected chi connectivity index (χ1v) is 15.0. The molecule has 0 bridgehead atoms. The van der Waals surface area contributed by atoms with E-state index in [1.165, 1.54) is 32.6 Å². The largest absolute Gasteiger partial charge is 0.455 e. The third kappa shape index (κ3) is 3.13. The number of rotatable bonds is 2. The van der Waals surface area contributed by atoms with Crippen molar-refractivity contribution in [3.63, 3.8) is 0 Å². The van der Waals surface area contributed by atoms with Gasteiger partial charge in [0, 0.05) is 43.6 Å². The summed E-state index contributed by atoms with van der Waals surface area (Å²) < 4.78 is 8.89. The quantitative estimate of drug-likeness (QED) is 0.197. The van der Waals surface area contributed by atoms with E-state index in [4.69, 9.17) is 9.40 Å². The molecule has 0 aliphatic carbocycles. The van der Waals surface area contributed by atoms with E-state index in [-0.39, 0.29) is 0 Å². The van der Waals surface area contributed by atoms with Crippen LogP contribution in [0.2, 0.25) is 0 Å². The molecule has 0 radical (unpaired) electrons. The Morgan fingerprint density at radius 2 is 1.07 bits per heavy atom. The molecule has 0 spiro atoms.